The van der Waals surface area contributed by atoms with Crippen LogP contribution in [0.4, 0.5) is 52.7 Å². The molecule has 0 saturated heterocycles. The molecule has 365 valence electrons. The zero-order chi connectivity index (χ0) is 50.7. The van der Waals surface area contributed by atoms with Gasteiger partial charge in [-0.05, 0) is 0 Å². The summed E-state index contributed by atoms with van der Waals surface area (Å²) < 4.78 is 173. The van der Waals surface area contributed by atoms with E-state index in [2.05, 4.69) is 0 Å². The van der Waals surface area contributed by atoms with Crippen molar-refractivity contribution >= 4 is 52.3 Å². The molecule has 6 aromatic rings. The fraction of sp³-hybridized carbons (Fsp3) is 0.259. The molecule has 0 radical (unpaired) electrons. The molecule has 3 aliphatic rings. The van der Waals surface area contributed by atoms with Crippen LogP contribution in [0.25, 0.3) is 45.5 Å². The van der Waals surface area contributed by atoms with Gasteiger partial charge in [0, 0.05) is 0 Å². The average molecular weight is 1110 g/mol. The van der Waals surface area contributed by atoms with Gasteiger partial charge >= 0.3 is 410 Å². The number of alkyl halides is 12. The van der Waals surface area contributed by atoms with Gasteiger partial charge in [0.1, 0.15) is 0 Å². The fourth-order valence-electron chi connectivity index (χ4n) is 11.5. The van der Waals surface area contributed by atoms with Crippen LogP contribution in [0.15, 0.2) is 114 Å². The number of fused-ring (bicyclic) bond motifs is 5. The Labute approximate surface area is 407 Å². The molecule has 0 amide bonds. The van der Waals surface area contributed by atoms with E-state index < -0.39 is 80.1 Å². The van der Waals surface area contributed by atoms with Crippen molar-refractivity contribution in [3.8, 4) is 33.4 Å². The normalized spacial score (nSPS) is 17.7. The summed E-state index contributed by atoms with van der Waals surface area (Å²) in [5.41, 5.74) is -0.0242. The number of hydrogen-bond acceptors (Lipinski definition) is 0. The summed E-state index contributed by atoms with van der Waals surface area (Å²) in [4.78, 5) is 0. The predicted octanol–water partition coefficient (Wildman–Crippen LogP) is 16.0. The number of aryl methyl sites for hydroxylation is 2. The van der Waals surface area contributed by atoms with E-state index in [1.54, 1.807) is 38.1 Å². The number of allylic oxidation sites excluding steroid dienone is 2. The topological polar surface area (TPSA) is 0 Å². The van der Waals surface area contributed by atoms with Crippen molar-refractivity contribution < 1.29 is 69.1 Å². The van der Waals surface area contributed by atoms with Crippen LogP contribution in [0.1, 0.15) is 103 Å². The van der Waals surface area contributed by atoms with E-state index in [0.717, 1.165) is 45.8 Å². The molecule has 70 heavy (non-hydrogen) atoms. The minimum absolute atomic E-state index is 0.0952. The van der Waals surface area contributed by atoms with Gasteiger partial charge in [0.15, 0.2) is 0 Å². The summed E-state index contributed by atoms with van der Waals surface area (Å²) in [6.45, 7) is 7.25. The Hall–Kier alpha value is -4.36. The van der Waals surface area contributed by atoms with E-state index in [1.165, 1.54) is 0 Å². The summed E-state index contributed by atoms with van der Waals surface area (Å²) in [5.74, 6) is 0. The molecular weight excluding hydrogens is 1070 g/mol. The molecule has 0 fully saturated rings. The van der Waals surface area contributed by atoms with Crippen molar-refractivity contribution in [2.45, 2.75) is 85.3 Å². The quantitative estimate of drug-likeness (QED) is 0.0998. The van der Waals surface area contributed by atoms with E-state index in [0.29, 0.717) is 60.6 Å². The zero-order valence-corrected chi connectivity index (χ0v) is 43.3. The molecule has 0 N–H and O–H groups in total. The number of benzene rings is 6. The molecule has 1 heterocycles. The van der Waals surface area contributed by atoms with E-state index in [-0.39, 0.29) is 47.2 Å². The van der Waals surface area contributed by atoms with Crippen LogP contribution in [0.5, 0.6) is 0 Å². The van der Waals surface area contributed by atoms with Crippen molar-refractivity contribution in [3.05, 3.63) is 170 Å². The molecular formula is C54H43Cl2F12SiZr. The van der Waals surface area contributed by atoms with Gasteiger partial charge in [-0.25, -0.2) is 0 Å². The van der Waals surface area contributed by atoms with Crippen LogP contribution in [-0.2, 0) is 53.9 Å². The Bertz CT molecular complexity index is 2970. The molecule has 0 spiro atoms. The second-order valence-corrected chi connectivity index (χ2v) is 40.8. The van der Waals surface area contributed by atoms with E-state index in [4.69, 9.17) is 17.0 Å². The third kappa shape index (κ3) is 8.19. The maximum atomic E-state index is 14.5. The molecule has 2 atom stereocenters. The third-order valence-corrected chi connectivity index (χ3v) is 37.3. The maximum absolute atomic E-state index is 14.5. The molecule has 2 aliphatic carbocycles. The molecule has 6 aromatic carbocycles. The van der Waals surface area contributed by atoms with Crippen LogP contribution in [0, 0.1) is 0 Å². The third-order valence-electron chi connectivity index (χ3n) is 14.5. The van der Waals surface area contributed by atoms with Gasteiger partial charge in [-0.1, -0.05) is 0 Å². The predicted molar refractivity (Wildman–Crippen MR) is 256 cm³/mol. The van der Waals surface area contributed by atoms with Crippen LogP contribution in [0.2, 0.25) is 0 Å². The summed E-state index contributed by atoms with van der Waals surface area (Å²) in [7, 11) is 16.6. The van der Waals surface area contributed by atoms with Crippen LogP contribution < -0.4 is 13.6 Å². The van der Waals surface area contributed by atoms with Gasteiger partial charge in [0.25, 0.3) is 0 Å². The Morgan fingerprint density at radius 2 is 0.871 bits per heavy atom. The molecule has 2 unspecified atom stereocenters. The van der Waals surface area contributed by atoms with Crippen molar-refractivity contribution in [2.75, 3.05) is 0 Å². The first-order valence-electron chi connectivity index (χ1n) is 22.8. The summed E-state index contributed by atoms with van der Waals surface area (Å²) in [5, 5.41) is 2.11. The van der Waals surface area contributed by atoms with Crippen molar-refractivity contribution in [1.82, 2.24) is 0 Å². The number of rotatable bonds is 9. The summed E-state index contributed by atoms with van der Waals surface area (Å²) >= 11 is -6.48. The van der Waals surface area contributed by atoms with E-state index in [1.807, 2.05) is 68.4 Å². The summed E-state index contributed by atoms with van der Waals surface area (Å²) in [6, 6.07) is 23.8. The van der Waals surface area contributed by atoms with Crippen molar-refractivity contribution in [3.63, 3.8) is 0 Å². The Kier molecular flexibility index (Phi) is 12.6. The second kappa shape index (κ2) is 17.4. The SMILES string of the molecule is CCC1=Cc2c(ccc(CC)c2-c2cc(C(F)(F)F)cc(C(F)(F)F)c2)[CH]1[Zr]([Cl])([Cl])([c]1cccc2c1[SiH2]c1ccccc1-2)[CH]1C(CC)=Cc2c1ccc(CC)c2-c1cc(C(F)(F)F)cc(C(F)(F)F)c1. The van der Waals surface area contributed by atoms with Gasteiger partial charge < -0.3 is 0 Å². The molecule has 1 aliphatic heterocycles. The van der Waals surface area contributed by atoms with Crippen LogP contribution in [-0.4, -0.2) is 9.52 Å². The molecule has 0 saturated carbocycles. The summed E-state index contributed by atoms with van der Waals surface area (Å²) in [6.07, 6.45) is -15.8. The molecule has 0 bridgehead atoms. The van der Waals surface area contributed by atoms with E-state index in [9.17, 15) is 52.7 Å². The first kappa shape index (κ1) is 50.6. The zero-order valence-electron chi connectivity index (χ0n) is 38.0. The first-order chi connectivity index (χ1) is 32.7. The van der Waals surface area contributed by atoms with Crippen molar-refractivity contribution in [1.29, 1.82) is 0 Å². The number of halogens is 14. The Morgan fingerprint density at radius 1 is 0.471 bits per heavy atom. The molecule has 9 rings (SSSR count). The minimum atomic E-state index is -6.48. The van der Waals surface area contributed by atoms with Gasteiger partial charge in [0.05, 0.1) is 0 Å². The average Bonchev–Trinajstić information content (AvgIpc) is 4.01. The Morgan fingerprint density at radius 3 is 1.26 bits per heavy atom. The molecule has 16 heteroatoms. The molecule has 0 aromatic heterocycles. The van der Waals surface area contributed by atoms with E-state index >= 15 is 0 Å². The second-order valence-electron chi connectivity index (χ2n) is 18.3. The monoisotopic (exact) mass is 1110 g/mol. The van der Waals surface area contributed by atoms with Gasteiger partial charge in [0.2, 0.25) is 0 Å². The van der Waals surface area contributed by atoms with Crippen molar-refractivity contribution in [2.24, 2.45) is 0 Å². The van der Waals surface area contributed by atoms with Gasteiger partial charge in [-0.2, -0.15) is 0 Å². The first-order valence-corrected chi connectivity index (χ1v) is 34.7. The van der Waals surface area contributed by atoms with Gasteiger partial charge in [-0.15, -0.1) is 0 Å². The molecule has 0 nitrogen and oxygen atoms in total. The Balaban J connectivity index is 1.38. The number of hydrogen-bond donors (Lipinski definition) is 0. The van der Waals surface area contributed by atoms with Gasteiger partial charge in [-0.3, -0.25) is 0 Å². The van der Waals surface area contributed by atoms with Crippen LogP contribution in [0.3, 0.4) is 0 Å². The van der Waals surface area contributed by atoms with Crippen LogP contribution >= 0.6 is 17.0 Å². The fourth-order valence-corrected chi connectivity index (χ4v) is 39.8. The standard InChI is InChI=1S/2C21H17F6.C12H9Si.2ClH.Zr/c2*1-3-12-7-14-6-5-13(4-2)19(18(14)8-12)15-9-16(20(22,23)24)11-17(10-15)21(25,26)27;1-3-7-11-9(5-1)10-6-2-4-8-12(10)13-11;;;/h2*5-11H,3-4H2,1-2H3;1-7H,13H2;2*1H;/q;;;;;+2/p-2.